The fourth-order valence-electron chi connectivity index (χ4n) is 1.26. The van der Waals surface area contributed by atoms with Gasteiger partial charge >= 0.3 is 5.97 Å². The third-order valence-electron chi connectivity index (χ3n) is 2.30. The number of anilines is 1. The van der Waals surface area contributed by atoms with Gasteiger partial charge in [0.15, 0.2) is 0 Å². The van der Waals surface area contributed by atoms with Gasteiger partial charge in [-0.05, 0) is 18.2 Å². The Kier molecular flexibility index (Phi) is 4.63. The molecule has 112 valence electrons. The highest BCUT2D eigenvalue weighted by Gasteiger charge is 2.30. The summed E-state index contributed by atoms with van der Waals surface area (Å²) in [5.41, 5.74) is 4.78. The highest BCUT2D eigenvalue weighted by Crippen LogP contribution is 2.20. The fraction of sp³-hybridized carbons (Fsp3) is 0.300. The van der Waals surface area contributed by atoms with Gasteiger partial charge in [-0.3, -0.25) is 0 Å². The second-order valence-corrected chi connectivity index (χ2v) is 5.63. The van der Waals surface area contributed by atoms with Gasteiger partial charge in [0.2, 0.25) is 10.0 Å². The van der Waals surface area contributed by atoms with Gasteiger partial charge in [-0.2, -0.15) is 0 Å². The van der Waals surface area contributed by atoms with Gasteiger partial charge < -0.3 is 15.9 Å². The van der Waals surface area contributed by atoms with Crippen molar-refractivity contribution >= 4 is 21.7 Å². The summed E-state index contributed by atoms with van der Waals surface area (Å²) in [7, 11) is -4.34. The predicted molar refractivity (Wildman–Crippen MR) is 65.0 cm³/mol. The first-order valence-electron chi connectivity index (χ1n) is 5.20. The number of nitrogens with one attached hydrogen (secondary N) is 1. The van der Waals surface area contributed by atoms with Crippen molar-refractivity contribution in [3.8, 4) is 0 Å². The maximum atomic E-state index is 12.8. The standard InChI is InChI=1S/C10H12F2N2O5S/c11-10(12,5-15)4-14-20(18,19)8-2-1-6(9(16)17)3-7(8)13/h1-3,14-15H,4-5,13H2,(H,16,17). The van der Waals surface area contributed by atoms with Crippen molar-refractivity contribution in [3.63, 3.8) is 0 Å². The maximum Gasteiger partial charge on any atom is 0.335 e. The molecule has 0 aromatic heterocycles. The molecule has 0 aliphatic carbocycles. The van der Waals surface area contributed by atoms with E-state index in [-0.39, 0.29) is 11.3 Å². The second kappa shape index (κ2) is 5.69. The zero-order chi connectivity index (χ0) is 15.6. The Morgan fingerprint density at radius 1 is 1.40 bits per heavy atom. The van der Waals surface area contributed by atoms with E-state index in [4.69, 9.17) is 15.9 Å². The van der Waals surface area contributed by atoms with Crippen LogP contribution in [0.25, 0.3) is 0 Å². The van der Waals surface area contributed by atoms with Crippen molar-refractivity contribution < 1.29 is 32.2 Å². The zero-order valence-electron chi connectivity index (χ0n) is 10.0. The van der Waals surface area contributed by atoms with Crippen molar-refractivity contribution in [2.45, 2.75) is 10.8 Å². The number of alkyl halides is 2. The summed E-state index contributed by atoms with van der Waals surface area (Å²) in [4.78, 5) is 10.1. The van der Waals surface area contributed by atoms with Crippen LogP contribution in [-0.4, -0.2) is 43.7 Å². The van der Waals surface area contributed by atoms with E-state index >= 15 is 0 Å². The molecule has 0 atom stereocenters. The van der Waals surface area contributed by atoms with E-state index < -0.39 is 40.0 Å². The van der Waals surface area contributed by atoms with Crippen molar-refractivity contribution in [3.05, 3.63) is 23.8 Å². The van der Waals surface area contributed by atoms with Crippen LogP contribution >= 0.6 is 0 Å². The van der Waals surface area contributed by atoms with E-state index in [9.17, 15) is 22.0 Å². The number of nitrogen functional groups attached to an aromatic ring is 1. The van der Waals surface area contributed by atoms with Gasteiger partial charge in [-0.1, -0.05) is 0 Å². The molecule has 1 aromatic carbocycles. The predicted octanol–water partition coefficient (Wildman–Crippen LogP) is -0.127. The molecule has 0 radical (unpaired) electrons. The lowest BCUT2D eigenvalue weighted by Gasteiger charge is -2.15. The normalized spacial score (nSPS) is 12.3. The minimum absolute atomic E-state index is 0.234. The van der Waals surface area contributed by atoms with Crippen LogP contribution in [0.2, 0.25) is 0 Å². The second-order valence-electron chi connectivity index (χ2n) is 3.90. The number of hydrogen-bond acceptors (Lipinski definition) is 5. The average molecular weight is 310 g/mol. The zero-order valence-corrected chi connectivity index (χ0v) is 10.8. The summed E-state index contributed by atoms with van der Waals surface area (Å²) in [6.07, 6.45) is 0. The minimum Gasteiger partial charge on any atom is -0.478 e. The van der Waals surface area contributed by atoms with Crippen molar-refractivity contribution in [1.29, 1.82) is 0 Å². The number of aromatic carboxylic acids is 1. The molecule has 0 fully saturated rings. The largest absolute Gasteiger partial charge is 0.478 e. The molecule has 0 unspecified atom stereocenters. The molecule has 5 N–H and O–H groups in total. The molecule has 7 nitrogen and oxygen atoms in total. The Labute approximate surface area is 113 Å². The number of sulfonamides is 1. The molecule has 1 rings (SSSR count). The number of rotatable bonds is 6. The summed E-state index contributed by atoms with van der Waals surface area (Å²) in [6, 6.07) is 2.79. The van der Waals surface area contributed by atoms with Gasteiger partial charge in [-0.15, -0.1) is 0 Å². The number of aliphatic hydroxyl groups is 1. The van der Waals surface area contributed by atoms with Gasteiger partial charge in [0.1, 0.15) is 11.5 Å². The van der Waals surface area contributed by atoms with E-state index in [0.717, 1.165) is 18.2 Å². The smallest absolute Gasteiger partial charge is 0.335 e. The molecule has 0 amide bonds. The Bertz CT molecular complexity index is 618. The van der Waals surface area contributed by atoms with Gasteiger partial charge in [0.25, 0.3) is 5.92 Å². The molecule has 0 aliphatic heterocycles. The number of hydrogen-bond donors (Lipinski definition) is 4. The summed E-state index contributed by atoms with van der Waals surface area (Å²) in [6.45, 7) is -2.81. The van der Waals surface area contributed by atoms with Crippen molar-refractivity contribution in [2.24, 2.45) is 0 Å². The number of benzene rings is 1. The number of halogens is 2. The average Bonchev–Trinajstić information content (AvgIpc) is 2.36. The lowest BCUT2D eigenvalue weighted by Crippen LogP contribution is -2.39. The molecule has 1 aromatic rings. The number of aliphatic hydroxyl groups excluding tert-OH is 1. The summed E-state index contributed by atoms with van der Waals surface area (Å²) in [5.74, 6) is -4.91. The van der Waals surface area contributed by atoms with E-state index in [1.54, 1.807) is 4.72 Å². The topological polar surface area (TPSA) is 130 Å². The maximum absolute atomic E-state index is 12.8. The Balaban J connectivity index is 3.02. The molecule has 10 heteroatoms. The molecule has 20 heavy (non-hydrogen) atoms. The molecule has 0 bridgehead atoms. The van der Waals surface area contributed by atoms with Crippen LogP contribution in [0.15, 0.2) is 23.1 Å². The summed E-state index contributed by atoms with van der Waals surface area (Å²) >= 11 is 0. The van der Waals surface area contributed by atoms with Crippen molar-refractivity contribution in [2.75, 3.05) is 18.9 Å². The van der Waals surface area contributed by atoms with E-state index in [1.165, 1.54) is 0 Å². The van der Waals surface area contributed by atoms with Gasteiger partial charge in [0, 0.05) is 0 Å². The Morgan fingerprint density at radius 3 is 2.45 bits per heavy atom. The SMILES string of the molecule is Nc1cc(C(=O)O)ccc1S(=O)(=O)NCC(F)(F)CO. The molecule has 0 aliphatic rings. The summed E-state index contributed by atoms with van der Waals surface area (Å²) < 4.78 is 50.6. The van der Waals surface area contributed by atoms with Crippen LogP contribution in [0.1, 0.15) is 10.4 Å². The summed E-state index contributed by atoms with van der Waals surface area (Å²) in [5, 5.41) is 17.0. The molecular formula is C10H12F2N2O5S. The highest BCUT2D eigenvalue weighted by atomic mass is 32.2. The molecule has 0 saturated heterocycles. The third-order valence-corrected chi connectivity index (χ3v) is 3.77. The number of carboxylic acids is 1. The Morgan fingerprint density at radius 2 is 2.00 bits per heavy atom. The van der Waals surface area contributed by atoms with Crippen LogP contribution in [0.5, 0.6) is 0 Å². The van der Waals surface area contributed by atoms with Crippen molar-refractivity contribution in [1.82, 2.24) is 4.72 Å². The first-order chi connectivity index (χ1) is 9.09. The first kappa shape index (κ1) is 16.3. The number of carboxylic acid groups (broad SMARTS) is 1. The lowest BCUT2D eigenvalue weighted by atomic mass is 10.2. The van der Waals surface area contributed by atoms with Crippen LogP contribution in [-0.2, 0) is 10.0 Å². The van der Waals surface area contributed by atoms with Gasteiger partial charge in [0.05, 0.1) is 17.8 Å². The Hall–Kier alpha value is -1.78. The fourth-order valence-corrected chi connectivity index (χ4v) is 2.43. The van der Waals surface area contributed by atoms with Crippen LogP contribution in [0.3, 0.4) is 0 Å². The molecule has 0 saturated carbocycles. The molecule has 0 spiro atoms. The van der Waals surface area contributed by atoms with E-state index in [1.807, 2.05) is 0 Å². The monoisotopic (exact) mass is 310 g/mol. The van der Waals surface area contributed by atoms with E-state index in [2.05, 4.69) is 0 Å². The quantitative estimate of drug-likeness (QED) is 0.542. The lowest BCUT2D eigenvalue weighted by molar-refractivity contribution is -0.0437. The van der Waals surface area contributed by atoms with Crippen LogP contribution in [0, 0.1) is 0 Å². The van der Waals surface area contributed by atoms with Crippen LogP contribution < -0.4 is 10.5 Å². The van der Waals surface area contributed by atoms with Gasteiger partial charge in [-0.25, -0.2) is 26.7 Å². The first-order valence-corrected chi connectivity index (χ1v) is 6.68. The minimum atomic E-state index is -4.34. The highest BCUT2D eigenvalue weighted by molar-refractivity contribution is 7.89. The number of nitrogens with two attached hydrogens (primary N) is 1. The third kappa shape index (κ3) is 3.85. The van der Waals surface area contributed by atoms with E-state index in [0.29, 0.717) is 0 Å². The van der Waals surface area contributed by atoms with Crippen LogP contribution in [0.4, 0.5) is 14.5 Å². The molecular weight excluding hydrogens is 298 g/mol. The molecule has 0 heterocycles. The number of carbonyl (C=O) groups is 1.